The van der Waals surface area contributed by atoms with Gasteiger partial charge in [-0.05, 0) is 127 Å². The lowest BCUT2D eigenvalue weighted by Gasteiger charge is -2.58. The van der Waals surface area contributed by atoms with Gasteiger partial charge in [0.25, 0.3) is 0 Å². The van der Waals surface area contributed by atoms with Crippen LogP contribution in [0.4, 0.5) is 0 Å². The van der Waals surface area contributed by atoms with Crippen LogP contribution in [-0.2, 0) is 9.53 Å². The second-order valence-electron chi connectivity index (χ2n) is 15.5. The molecule has 0 heterocycles. The predicted octanol–water partition coefficient (Wildman–Crippen LogP) is 10.0. The molecule has 1 aromatic carbocycles. The molecule has 4 heteroatoms. The number of aromatic hydroxyl groups is 1. The van der Waals surface area contributed by atoms with Crippen LogP contribution in [-0.4, -0.2) is 24.3 Å². The smallest absolute Gasteiger partial charge is 0.331 e. The maximum absolute atomic E-state index is 12.7. The number of benzene rings is 1. The molecule has 1 N–H and O–H groups in total. The van der Waals surface area contributed by atoms with Gasteiger partial charge in [-0.15, -0.1) is 0 Å². The average molecular weight is 591 g/mol. The molecule has 1 aromatic rings. The minimum atomic E-state index is -0.298. The number of carbonyl (C=O) groups excluding carboxylic acids is 1. The third kappa shape index (κ3) is 6.32. The molecular formula is C39H58O4. The Balaban J connectivity index is 1.20. The highest BCUT2D eigenvalue weighted by molar-refractivity contribution is 5.87. The van der Waals surface area contributed by atoms with E-state index >= 15 is 0 Å². The van der Waals surface area contributed by atoms with E-state index in [9.17, 15) is 9.90 Å². The molecule has 0 bridgehead atoms. The first kappa shape index (κ1) is 32.2. The van der Waals surface area contributed by atoms with Crippen molar-refractivity contribution >= 4 is 12.0 Å². The van der Waals surface area contributed by atoms with Crippen LogP contribution >= 0.6 is 0 Å². The van der Waals surface area contributed by atoms with Crippen molar-refractivity contribution < 1.29 is 19.4 Å². The summed E-state index contributed by atoms with van der Waals surface area (Å²) in [5.74, 6) is 6.01. The fraction of sp³-hybridized carbons (Fsp3) is 0.718. The minimum absolute atomic E-state index is 0.0502. The van der Waals surface area contributed by atoms with E-state index in [4.69, 9.17) is 9.47 Å². The van der Waals surface area contributed by atoms with Crippen LogP contribution in [0.2, 0.25) is 0 Å². The van der Waals surface area contributed by atoms with Gasteiger partial charge in [-0.1, -0.05) is 72.1 Å². The van der Waals surface area contributed by atoms with Gasteiger partial charge in [0, 0.05) is 12.5 Å². The van der Waals surface area contributed by atoms with E-state index in [1.807, 2.05) is 0 Å². The minimum Gasteiger partial charge on any atom is -0.504 e. The highest BCUT2D eigenvalue weighted by Crippen LogP contribution is 2.67. The Morgan fingerprint density at radius 3 is 2.58 bits per heavy atom. The number of allylic oxidation sites excluding steroid dienone is 1. The monoisotopic (exact) mass is 590 g/mol. The standard InChI is InChI=1S/C39H58O4/c1-8-28(25(2)3)12-9-26(4)32-15-16-33-31-14-13-29-24-30(19-21-38(29,5)34(31)20-22-39(32,33)6)43-37(41)18-11-27-10-17-35(40)36(23-27)42-7/h10-11,13,17-18,23,25-26,28,30-34,40H,8-9,12,14-16,19-22,24H2,1-7H3/b18-11+/t26-,28-,30?,31+,32-,33+,34+,38+,39-/m1/s1. The summed E-state index contributed by atoms with van der Waals surface area (Å²) in [4.78, 5) is 12.7. The van der Waals surface area contributed by atoms with Gasteiger partial charge in [0.05, 0.1) is 7.11 Å². The Labute approximate surface area is 261 Å². The van der Waals surface area contributed by atoms with E-state index in [0.717, 1.165) is 66.3 Å². The van der Waals surface area contributed by atoms with E-state index < -0.39 is 0 Å². The summed E-state index contributed by atoms with van der Waals surface area (Å²) in [5, 5.41) is 9.82. The summed E-state index contributed by atoms with van der Waals surface area (Å²) >= 11 is 0. The molecule has 0 spiro atoms. The van der Waals surface area contributed by atoms with Gasteiger partial charge in [0.1, 0.15) is 6.10 Å². The van der Waals surface area contributed by atoms with Gasteiger partial charge >= 0.3 is 5.97 Å². The first-order chi connectivity index (χ1) is 20.5. The molecule has 3 fully saturated rings. The first-order valence-electron chi connectivity index (χ1n) is 17.4. The summed E-state index contributed by atoms with van der Waals surface area (Å²) in [6.45, 7) is 15.0. The predicted molar refractivity (Wildman–Crippen MR) is 176 cm³/mol. The Morgan fingerprint density at radius 2 is 1.86 bits per heavy atom. The molecule has 4 aliphatic rings. The topological polar surface area (TPSA) is 55.8 Å². The highest BCUT2D eigenvalue weighted by atomic mass is 16.5. The van der Waals surface area contributed by atoms with Gasteiger partial charge in [-0.2, -0.15) is 0 Å². The maximum Gasteiger partial charge on any atom is 0.331 e. The Morgan fingerprint density at radius 1 is 1.07 bits per heavy atom. The Kier molecular flexibility index (Phi) is 9.74. The quantitative estimate of drug-likeness (QED) is 0.167. The number of ether oxygens (including phenoxy) is 2. The van der Waals surface area contributed by atoms with Gasteiger partial charge in [-0.25, -0.2) is 4.79 Å². The number of phenolic OH excluding ortho intramolecular Hbond substituents is 1. The van der Waals surface area contributed by atoms with Gasteiger partial charge in [-0.3, -0.25) is 0 Å². The van der Waals surface area contributed by atoms with Crippen molar-refractivity contribution in [3.05, 3.63) is 41.5 Å². The number of phenols is 1. The van der Waals surface area contributed by atoms with Gasteiger partial charge in [0.15, 0.2) is 11.5 Å². The third-order valence-corrected chi connectivity index (χ3v) is 13.2. The third-order valence-electron chi connectivity index (χ3n) is 13.2. The Hall–Kier alpha value is -2.23. The van der Waals surface area contributed by atoms with Crippen molar-refractivity contribution in [2.75, 3.05) is 7.11 Å². The molecule has 1 unspecified atom stereocenters. The molecule has 4 nitrogen and oxygen atoms in total. The Bertz CT molecular complexity index is 1200. The zero-order valence-corrected chi connectivity index (χ0v) is 28.0. The van der Waals surface area contributed by atoms with Crippen LogP contribution in [0.1, 0.15) is 118 Å². The van der Waals surface area contributed by atoms with Crippen LogP contribution in [0.15, 0.2) is 35.9 Å². The number of methoxy groups -OCH3 is 1. The second kappa shape index (κ2) is 13.0. The fourth-order valence-corrected chi connectivity index (χ4v) is 10.6. The molecule has 43 heavy (non-hydrogen) atoms. The summed E-state index contributed by atoms with van der Waals surface area (Å²) in [5.41, 5.74) is 3.09. The second-order valence-corrected chi connectivity index (χ2v) is 15.5. The largest absolute Gasteiger partial charge is 0.504 e. The summed E-state index contributed by atoms with van der Waals surface area (Å²) in [6.07, 6.45) is 19.6. The van der Waals surface area contributed by atoms with E-state index in [0.29, 0.717) is 11.2 Å². The lowest BCUT2D eigenvalue weighted by molar-refractivity contribution is -0.145. The number of fused-ring (bicyclic) bond motifs is 5. The number of hydrogen-bond acceptors (Lipinski definition) is 4. The van der Waals surface area contributed by atoms with Gasteiger partial charge in [0.2, 0.25) is 0 Å². The van der Waals surface area contributed by atoms with E-state index in [1.54, 1.807) is 29.8 Å². The van der Waals surface area contributed by atoms with Crippen molar-refractivity contribution in [2.24, 2.45) is 52.3 Å². The number of esters is 1. The lowest BCUT2D eigenvalue weighted by Crippen LogP contribution is -2.51. The van der Waals surface area contributed by atoms with Crippen molar-refractivity contribution in [2.45, 2.75) is 118 Å². The molecule has 0 saturated heterocycles. The van der Waals surface area contributed by atoms with E-state index in [1.165, 1.54) is 64.6 Å². The number of hydrogen-bond donors (Lipinski definition) is 1. The number of rotatable bonds is 10. The average Bonchev–Trinajstić information content (AvgIpc) is 3.34. The normalized spacial score (nSPS) is 35.1. The molecule has 0 radical (unpaired) electrons. The molecule has 9 atom stereocenters. The molecule has 4 aliphatic carbocycles. The van der Waals surface area contributed by atoms with Crippen molar-refractivity contribution in [3.63, 3.8) is 0 Å². The molecule has 0 aromatic heterocycles. The SMILES string of the molecule is CC[C@H](CC[C@@H](C)[C@H]1CC[C@H]2[C@@H]3CC=C4CC(OC(=O)/C=C/c5ccc(O)c(OC)c5)CC[C@]4(C)[C@H]3CC[C@]12C)C(C)C. The van der Waals surface area contributed by atoms with E-state index in [-0.39, 0.29) is 23.2 Å². The summed E-state index contributed by atoms with van der Waals surface area (Å²) in [7, 11) is 1.52. The molecule has 3 saturated carbocycles. The van der Waals surface area contributed by atoms with Crippen molar-refractivity contribution in [1.29, 1.82) is 0 Å². The lowest BCUT2D eigenvalue weighted by atomic mass is 9.47. The van der Waals surface area contributed by atoms with E-state index in [2.05, 4.69) is 47.6 Å². The molecular weight excluding hydrogens is 532 g/mol. The fourth-order valence-electron chi connectivity index (χ4n) is 10.6. The van der Waals surface area contributed by atoms with Crippen LogP contribution in [0.25, 0.3) is 6.08 Å². The van der Waals surface area contributed by atoms with Crippen molar-refractivity contribution in [1.82, 2.24) is 0 Å². The zero-order valence-electron chi connectivity index (χ0n) is 28.0. The maximum atomic E-state index is 12.7. The summed E-state index contributed by atoms with van der Waals surface area (Å²) < 4.78 is 11.1. The first-order valence-corrected chi connectivity index (χ1v) is 17.4. The molecule has 0 aliphatic heterocycles. The van der Waals surface area contributed by atoms with Crippen LogP contribution in [0.3, 0.4) is 0 Å². The van der Waals surface area contributed by atoms with Crippen molar-refractivity contribution in [3.8, 4) is 11.5 Å². The van der Waals surface area contributed by atoms with Crippen LogP contribution in [0, 0.1) is 52.3 Å². The molecule has 0 amide bonds. The van der Waals surface area contributed by atoms with Gasteiger partial charge < -0.3 is 14.6 Å². The van der Waals surface area contributed by atoms with Crippen LogP contribution in [0.5, 0.6) is 11.5 Å². The zero-order chi connectivity index (χ0) is 30.9. The molecule has 5 rings (SSSR count). The highest BCUT2D eigenvalue weighted by Gasteiger charge is 2.59. The number of carbonyl (C=O) groups is 1. The molecule has 238 valence electrons. The summed E-state index contributed by atoms with van der Waals surface area (Å²) in [6, 6.07) is 5.05. The van der Waals surface area contributed by atoms with Crippen LogP contribution < -0.4 is 4.74 Å².